The average molecular weight is 299 g/mol. The monoisotopic (exact) mass is 298 g/mol. The molecule has 0 saturated heterocycles. The third kappa shape index (κ3) is 5.60. The number of aliphatic hydroxyl groups is 1. The predicted molar refractivity (Wildman–Crippen MR) is 73.6 cm³/mol. The minimum absolute atomic E-state index is 0.269. The topological polar surface area (TPSA) is 20.2 Å². The fourth-order valence-electron chi connectivity index (χ4n) is 1.17. The molecule has 0 aliphatic rings. The van der Waals surface area contributed by atoms with Crippen molar-refractivity contribution in [1.29, 1.82) is 0 Å². The normalized spacial score (nSPS) is 11.7. The molecule has 0 aromatic heterocycles. The molecule has 0 amide bonds. The number of aliphatic hydroxyl groups excluding tert-OH is 1. The minimum Gasteiger partial charge on any atom is -0.392 e. The first-order chi connectivity index (χ1) is 7.72. The zero-order valence-electron chi connectivity index (χ0n) is 9.24. The molecule has 16 heavy (non-hydrogen) atoms. The van der Waals surface area contributed by atoms with Gasteiger partial charge >= 0.3 is 0 Å². The quantitative estimate of drug-likeness (QED) is 0.661. The number of benzene rings is 1. The maximum atomic E-state index is 9.69. The lowest BCUT2D eigenvalue weighted by atomic mass is 10.2. The molecule has 1 aromatic rings. The molecule has 1 aromatic carbocycles. The third-order valence-electron chi connectivity index (χ3n) is 2.04. The van der Waals surface area contributed by atoms with Crippen LogP contribution in [0.3, 0.4) is 0 Å². The zero-order chi connectivity index (χ0) is 11.8. The van der Waals surface area contributed by atoms with Crippen molar-refractivity contribution in [2.45, 2.75) is 30.8 Å². The molecule has 1 nitrogen and oxygen atoms in total. The molecule has 1 unspecified atom stereocenters. The highest BCUT2D eigenvalue weighted by atomic mass is 79.9. The Kier molecular flexibility index (Phi) is 6.63. The lowest BCUT2D eigenvalue weighted by molar-refractivity contribution is 0.191. The van der Waals surface area contributed by atoms with E-state index < -0.39 is 0 Å². The molecule has 0 heterocycles. The summed E-state index contributed by atoms with van der Waals surface area (Å²) in [6.07, 6.45) is 1.26. The second kappa shape index (κ2) is 7.78. The first-order valence-electron chi connectivity index (χ1n) is 5.18. The minimum atomic E-state index is -0.269. The standard InChI is InChI=1S/C13H15BrOS/c1-2-3-4-5-12(15)10-16-13-8-6-11(14)7-9-13/h6-9,12,15H,4-5,10H2,1H3. The molecule has 0 aliphatic heterocycles. The SMILES string of the molecule is CC#CCCC(O)CSc1ccc(Br)cc1. The molecule has 0 aliphatic carbocycles. The van der Waals surface area contributed by atoms with E-state index >= 15 is 0 Å². The molecular weight excluding hydrogens is 284 g/mol. The van der Waals surface area contributed by atoms with Gasteiger partial charge in [0.25, 0.3) is 0 Å². The number of hydrogen-bond acceptors (Lipinski definition) is 2. The molecule has 86 valence electrons. The van der Waals surface area contributed by atoms with Crippen LogP contribution >= 0.6 is 27.7 Å². The number of hydrogen-bond donors (Lipinski definition) is 1. The summed E-state index contributed by atoms with van der Waals surface area (Å²) in [5.74, 6) is 6.52. The van der Waals surface area contributed by atoms with E-state index in [9.17, 15) is 5.11 Å². The van der Waals surface area contributed by atoms with E-state index in [1.165, 1.54) is 4.90 Å². The highest BCUT2D eigenvalue weighted by Gasteiger charge is 2.03. The fraction of sp³-hybridized carbons (Fsp3) is 0.385. The Morgan fingerprint density at radius 3 is 2.69 bits per heavy atom. The molecule has 3 heteroatoms. The first-order valence-corrected chi connectivity index (χ1v) is 6.96. The van der Waals surface area contributed by atoms with Gasteiger partial charge in [-0.25, -0.2) is 0 Å². The summed E-state index contributed by atoms with van der Waals surface area (Å²) in [4.78, 5) is 1.18. The summed E-state index contributed by atoms with van der Waals surface area (Å²) < 4.78 is 1.08. The van der Waals surface area contributed by atoms with Gasteiger partial charge in [0.05, 0.1) is 6.10 Å². The lowest BCUT2D eigenvalue weighted by Crippen LogP contribution is -2.08. The molecule has 0 fully saturated rings. The van der Waals surface area contributed by atoms with Gasteiger partial charge in [-0.15, -0.1) is 23.6 Å². The van der Waals surface area contributed by atoms with E-state index in [2.05, 4.69) is 27.8 Å². The van der Waals surface area contributed by atoms with Crippen LogP contribution in [0.2, 0.25) is 0 Å². The Bertz CT molecular complexity index is 364. The van der Waals surface area contributed by atoms with Crippen LogP contribution in [0.25, 0.3) is 0 Å². The van der Waals surface area contributed by atoms with Crippen LogP contribution in [-0.2, 0) is 0 Å². The van der Waals surface area contributed by atoms with Crippen LogP contribution < -0.4 is 0 Å². The molecule has 0 spiro atoms. The summed E-state index contributed by atoms with van der Waals surface area (Å²) in [7, 11) is 0. The van der Waals surface area contributed by atoms with Gasteiger partial charge in [-0.2, -0.15) is 0 Å². The molecule has 0 radical (unpaired) electrons. The Morgan fingerprint density at radius 1 is 1.38 bits per heavy atom. The van der Waals surface area contributed by atoms with Gasteiger partial charge in [0.1, 0.15) is 0 Å². The van der Waals surface area contributed by atoms with Gasteiger partial charge in [-0.05, 0) is 37.6 Å². The molecule has 1 rings (SSSR count). The van der Waals surface area contributed by atoms with Gasteiger partial charge in [0.2, 0.25) is 0 Å². The molecule has 0 bridgehead atoms. The highest BCUT2D eigenvalue weighted by molar-refractivity contribution is 9.10. The first kappa shape index (κ1) is 13.6. The Balaban J connectivity index is 2.27. The van der Waals surface area contributed by atoms with Crippen molar-refractivity contribution in [3.8, 4) is 11.8 Å². The van der Waals surface area contributed by atoms with Gasteiger partial charge in [-0.3, -0.25) is 0 Å². The van der Waals surface area contributed by atoms with Crippen molar-refractivity contribution < 1.29 is 5.11 Å². The van der Waals surface area contributed by atoms with E-state index in [0.29, 0.717) is 0 Å². The van der Waals surface area contributed by atoms with Gasteiger partial charge in [0, 0.05) is 21.5 Å². The predicted octanol–water partition coefficient (Wildman–Crippen LogP) is 3.71. The van der Waals surface area contributed by atoms with Crippen molar-refractivity contribution in [2.75, 3.05) is 5.75 Å². The van der Waals surface area contributed by atoms with Crippen molar-refractivity contribution in [3.05, 3.63) is 28.7 Å². The van der Waals surface area contributed by atoms with Crippen molar-refractivity contribution in [1.82, 2.24) is 0 Å². The second-order valence-electron chi connectivity index (χ2n) is 3.38. The Labute approximate surface area is 110 Å². The second-order valence-corrected chi connectivity index (χ2v) is 5.39. The molecule has 1 N–H and O–H groups in total. The van der Waals surface area contributed by atoms with Crippen molar-refractivity contribution in [3.63, 3.8) is 0 Å². The van der Waals surface area contributed by atoms with Crippen LogP contribution in [0.4, 0.5) is 0 Å². The van der Waals surface area contributed by atoms with E-state index in [1.54, 1.807) is 11.8 Å². The molecular formula is C13H15BrOS. The van der Waals surface area contributed by atoms with Crippen LogP contribution in [0.1, 0.15) is 19.8 Å². The number of rotatable bonds is 5. The summed E-state index contributed by atoms with van der Waals surface area (Å²) in [6.45, 7) is 1.82. The third-order valence-corrected chi connectivity index (χ3v) is 3.72. The van der Waals surface area contributed by atoms with E-state index in [4.69, 9.17) is 0 Å². The maximum absolute atomic E-state index is 9.69. The smallest absolute Gasteiger partial charge is 0.0643 e. The van der Waals surface area contributed by atoms with Gasteiger partial charge < -0.3 is 5.11 Å². The zero-order valence-corrected chi connectivity index (χ0v) is 11.6. The summed E-state index contributed by atoms with van der Waals surface area (Å²) in [5, 5.41) is 9.69. The maximum Gasteiger partial charge on any atom is 0.0643 e. The Morgan fingerprint density at radius 2 is 2.06 bits per heavy atom. The Hall–Kier alpha value is -0.430. The summed E-state index contributed by atoms with van der Waals surface area (Å²) in [5.41, 5.74) is 0. The van der Waals surface area contributed by atoms with Crippen LogP contribution in [-0.4, -0.2) is 17.0 Å². The van der Waals surface area contributed by atoms with E-state index in [-0.39, 0.29) is 6.10 Å². The van der Waals surface area contributed by atoms with E-state index in [0.717, 1.165) is 23.1 Å². The van der Waals surface area contributed by atoms with Crippen molar-refractivity contribution >= 4 is 27.7 Å². The van der Waals surface area contributed by atoms with Crippen LogP contribution in [0, 0.1) is 11.8 Å². The van der Waals surface area contributed by atoms with Crippen LogP contribution in [0.5, 0.6) is 0 Å². The lowest BCUT2D eigenvalue weighted by Gasteiger charge is -2.08. The fourth-order valence-corrected chi connectivity index (χ4v) is 2.31. The summed E-state index contributed by atoms with van der Waals surface area (Å²) in [6, 6.07) is 8.12. The number of halogens is 1. The highest BCUT2D eigenvalue weighted by Crippen LogP contribution is 2.21. The largest absolute Gasteiger partial charge is 0.392 e. The van der Waals surface area contributed by atoms with Gasteiger partial charge in [0.15, 0.2) is 0 Å². The molecule has 0 saturated carbocycles. The van der Waals surface area contributed by atoms with Crippen LogP contribution in [0.15, 0.2) is 33.6 Å². The van der Waals surface area contributed by atoms with Gasteiger partial charge in [-0.1, -0.05) is 15.9 Å². The molecule has 1 atom stereocenters. The number of thioether (sulfide) groups is 1. The summed E-state index contributed by atoms with van der Waals surface area (Å²) >= 11 is 5.07. The van der Waals surface area contributed by atoms with Crippen molar-refractivity contribution in [2.24, 2.45) is 0 Å². The average Bonchev–Trinajstić information content (AvgIpc) is 2.29. The van der Waals surface area contributed by atoms with E-state index in [1.807, 2.05) is 31.2 Å².